The molecule has 0 N–H and O–H groups in total. The van der Waals surface area contributed by atoms with Gasteiger partial charge in [0, 0.05) is 0 Å². The van der Waals surface area contributed by atoms with E-state index in [0.717, 1.165) is 0 Å². The van der Waals surface area contributed by atoms with Gasteiger partial charge in [0.25, 0.3) is 10.0 Å². The van der Waals surface area contributed by atoms with Gasteiger partial charge in [-0.2, -0.15) is 0 Å². The third-order valence-corrected chi connectivity index (χ3v) is 5.72. The molecule has 0 amide bonds. The molecule has 0 spiro atoms. The van der Waals surface area contributed by atoms with E-state index in [4.69, 9.17) is 4.74 Å². The maximum atomic E-state index is 13.2. The molecular formula is C20H18FNO3S. The topological polar surface area (TPSA) is 46.6 Å². The van der Waals surface area contributed by atoms with E-state index in [1.807, 2.05) is 0 Å². The highest BCUT2D eigenvalue weighted by molar-refractivity contribution is 7.92. The molecule has 3 rings (SSSR count). The van der Waals surface area contributed by atoms with Crippen molar-refractivity contribution in [3.8, 4) is 5.75 Å². The zero-order chi connectivity index (χ0) is 18.6. The van der Waals surface area contributed by atoms with Crippen LogP contribution in [0, 0.1) is 5.82 Å². The van der Waals surface area contributed by atoms with Crippen molar-refractivity contribution in [1.82, 2.24) is 0 Å². The highest BCUT2D eigenvalue weighted by Crippen LogP contribution is 2.27. The van der Waals surface area contributed by atoms with Gasteiger partial charge in [0.1, 0.15) is 11.6 Å². The first-order chi connectivity index (χ1) is 12.5. The van der Waals surface area contributed by atoms with E-state index in [0.29, 0.717) is 17.0 Å². The van der Waals surface area contributed by atoms with Gasteiger partial charge in [0.15, 0.2) is 0 Å². The molecular weight excluding hydrogens is 353 g/mol. The Hall–Kier alpha value is -2.86. The van der Waals surface area contributed by atoms with Gasteiger partial charge in [-0.1, -0.05) is 30.3 Å². The van der Waals surface area contributed by atoms with Crippen LogP contribution in [0.4, 0.5) is 10.1 Å². The van der Waals surface area contributed by atoms with E-state index in [-0.39, 0.29) is 17.3 Å². The molecule has 0 aliphatic rings. The third-order valence-electron chi connectivity index (χ3n) is 3.93. The summed E-state index contributed by atoms with van der Waals surface area (Å²) in [6, 6.07) is 20.8. The van der Waals surface area contributed by atoms with Gasteiger partial charge >= 0.3 is 0 Å². The number of halogens is 1. The zero-order valence-corrected chi connectivity index (χ0v) is 15.0. The zero-order valence-electron chi connectivity index (χ0n) is 14.2. The third kappa shape index (κ3) is 3.86. The number of rotatable bonds is 6. The summed E-state index contributed by atoms with van der Waals surface area (Å²) in [6.45, 7) is 0.0871. The van der Waals surface area contributed by atoms with Crippen molar-refractivity contribution in [2.45, 2.75) is 11.4 Å². The second-order valence-electron chi connectivity index (χ2n) is 5.65. The van der Waals surface area contributed by atoms with Gasteiger partial charge in [-0.25, -0.2) is 12.8 Å². The molecule has 0 aliphatic heterocycles. The van der Waals surface area contributed by atoms with Crippen LogP contribution in [0.1, 0.15) is 5.56 Å². The minimum absolute atomic E-state index is 0.0871. The molecule has 0 aromatic heterocycles. The lowest BCUT2D eigenvalue weighted by Crippen LogP contribution is -2.30. The first-order valence-electron chi connectivity index (χ1n) is 7.97. The fourth-order valence-electron chi connectivity index (χ4n) is 2.54. The fraction of sp³-hybridized carbons (Fsp3) is 0.100. The fourth-order valence-corrected chi connectivity index (χ4v) is 4.01. The molecule has 0 saturated carbocycles. The van der Waals surface area contributed by atoms with Crippen molar-refractivity contribution in [1.29, 1.82) is 0 Å². The van der Waals surface area contributed by atoms with E-state index in [2.05, 4.69) is 0 Å². The Balaban J connectivity index is 2.04. The van der Waals surface area contributed by atoms with Gasteiger partial charge in [-0.3, -0.25) is 4.31 Å². The Kier molecular flexibility index (Phi) is 5.23. The normalized spacial score (nSPS) is 11.2. The Morgan fingerprint density at radius 3 is 2.08 bits per heavy atom. The van der Waals surface area contributed by atoms with Crippen LogP contribution in [-0.2, 0) is 16.6 Å². The van der Waals surface area contributed by atoms with Gasteiger partial charge in [0.2, 0.25) is 0 Å². The highest BCUT2D eigenvalue weighted by Gasteiger charge is 2.25. The quantitative estimate of drug-likeness (QED) is 0.651. The summed E-state index contributed by atoms with van der Waals surface area (Å²) in [5.74, 6) is 0.267. The van der Waals surface area contributed by atoms with Crippen molar-refractivity contribution >= 4 is 15.7 Å². The number of methoxy groups -OCH3 is 1. The number of hydrogen-bond acceptors (Lipinski definition) is 3. The summed E-state index contributed by atoms with van der Waals surface area (Å²) >= 11 is 0. The van der Waals surface area contributed by atoms with Gasteiger partial charge in [-0.05, 0) is 54.1 Å². The molecule has 26 heavy (non-hydrogen) atoms. The minimum atomic E-state index is -3.78. The monoisotopic (exact) mass is 371 g/mol. The van der Waals surface area contributed by atoms with Crippen LogP contribution in [0.5, 0.6) is 5.75 Å². The predicted octanol–water partition coefficient (Wildman–Crippen LogP) is 4.23. The molecule has 0 saturated heterocycles. The van der Waals surface area contributed by atoms with Crippen molar-refractivity contribution < 1.29 is 17.5 Å². The van der Waals surface area contributed by atoms with Crippen molar-refractivity contribution in [3.05, 3.63) is 90.2 Å². The van der Waals surface area contributed by atoms with Crippen LogP contribution >= 0.6 is 0 Å². The van der Waals surface area contributed by atoms with E-state index in [9.17, 15) is 12.8 Å². The second kappa shape index (κ2) is 7.58. The molecule has 0 atom stereocenters. The Morgan fingerprint density at radius 2 is 1.50 bits per heavy atom. The van der Waals surface area contributed by atoms with E-state index < -0.39 is 10.0 Å². The van der Waals surface area contributed by atoms with Crippen LogP contribution in [0.2, 0.25) is 0 Å². The van der Waals surface area contributed by atoms with E-state index >= 15 is 0 Å². The maximum Gasteiger partial charge on any atom is 0.264 e. The summed E-state index contributed by atoms with van der Waals surface area (Å²) in [5, 5.41) is 0. The van der Waals surface area contributed by atoms with Crippen molar-refractivity contribution in [2.75, 3.05) is 11.4 Å². The molecule has 3 aromatic carbocycles. The number of hydrogen-bond donors (Lipinski definition) is 0. The smallest absolute Gasteiger partial charge is 0.264 e. The summed E-state index contributed by atoms with van der Waals surface area (Å²) in [7, 11) is -2.24. The SMILES string of the molecule is COc1ccc(N(Cc2ccc(F)cc2)S(=O)(=O)c2ccccc2)cc1. The minimum Gasteiger partial charge on any atom is -0.497 e. The Bertz CT molecular complexity index is 956. The summed E-state index contributed by atoms with van der Waals surface area (Å²) < 4.78 is 46.0. The number of ether oxygens (including phenoxy) is 1. The largest absolute Gasteiger partial charge is 0.497 e. The first kappa shape index (κ1) is 17.9. The number of nitrogens with zero attached hydrogens (tertiary/aromatic N) is 1. The number of sulfonamides is 1. The Morgan fingerprint density at radius 1 is 0.885 bits per heavy atom. The average Bonchev–Trinajstić information content (AvgIpc) is 2.68. The molecule has 3 aromatic rings. The van der Waals surface area contributed by atoms with Gasteiger partial charge in [0.05, 0.1) is 24.2 Å². The standard InChI is InChI=1S/C20H18FNO3S/c1-25-19-13-11-18(12-14-19)22(15-16-7-9-17(21)10-8-16)26(23,24)20-5-3-2-4-6-20/h2-14H,15H2,1H3. The molecule has 0 radical (unpaired) electrons. The van der Waals surface area contributed by atoms with Crippen molar-refractivity contribution in [3.63, 3.8) is 0 Å². The second-order valence-corrected chi connectivity index (χ2v) is 7.51. The predicted molar refractivity (Wildman–Crippen MR) is 99.2 cm³/mol. The average molecular weight is 371 g/mol. The molecule has 0 aliphatic carbocycles. The molecule has 0 fully saturated rings. The lowest BCUT2D eigenvalue weighted by atomic mass is 10.2. The van der Waals surface area contributed by atoms with Crippen LogP contribution in [-0.4, -0.2) is 15.5 Å². The molecule has 0 bridgehead atoms. The van der Waals surface area contributed by atoms with Gasteiger partial charge in [-0.15, -0.1) is 0 Å². The molecule has 6 heteroatoms. The number of anilines is 1. The molecule has 4 nitrogen and oxygen atoms in total. The summed E-state index contributed by atoms with van der Waals surface area (Å²) in [6.07, 6.45) is 0. The van der Waals surface area contributed by atoms with Gasteiger partial charge < -0.3 is 4.74 Å². The Labute approximate surface area is 152 Å². The lowest BCUT2D eigenvalue weighted by molar-refractivity contribution is 0.415. The number of benzene rings is 3. The van der Waals surface area contributed by atoms with Crippen LogP contribution in [0.3, 0.4) is 0 Å². The maximum absolute atomic E-state index is 13.2. The molecule has 0 heterocycles. The summed E-state index contributed by atoms with van der Waals surface area (Å²) in [5.41, 5.74) is 1.18. The van der Waals surface area contributed by atoms with Crippen LogP contribution in [0.25, 0.3) is 0 Å². The van der Waals surface area contributed by atoms with Crippen LogP contribution < -0.4 is 9.04 Å². The molecule has 134 valence electrons. The van der Waals surface area contributed by atoms with E-state index in [1.54, 1.807) is 73.8 Å². The lowest BCUT2D eigenvalue weighted by Gasteiger charge is -2.25. The van der Waals surface area contributed by atoms with Crippen LogP contribution in [0.15, 0.2) is 83.8 Å². The summed E-state index contributed by atoms with van der Waals surface area (Å²) in [4.78, 5) is 0.193. The first-order valence-corrected chi connectivity index (χ1v) is 9.41. The highest BCUT2D eigenvalue weighted by atomic mass is 32.2. The molecule has 0 unspecified atom stereocenters. The van der Waals surface area contributed by atoms with E-state index in [1.165, 1.54) is 16.4 Å². The van der Waals surface area contributed by atoms with Crippen molar-refractivity contribution in [2.24, 2.45) is 0 Å².